The molecule has 0 radical (unpaired) electrons. The van der Waals surface area contributed by atoms with Crippen molar-refractivity contribution < 1.29 is 9.72 Å². The van der Waals surface area contributed by atoms with Crippen molar-refractivity contribution in [1.29, 1.82) is 0 Å². The Morgan fingerprint density at radius 2 is 1.86 bits per heavy atom. The van der Waals surface area contributed by atoms with Gasteiger partial charge in [0.2, 0.25) is 0 Å². The van der Waals surface area contributed by atoms with Crippen LogP contribution in [0.15, 0.2) is 92.0 Å². The molecule has 2 aromatic carbocycles. The number of hydrogen-bond donors (Lipinski definition) is 0. The van der Waals surface area contributed by atoms with E-state index in [-0.39, 0.29) is 17.2 Å². The summed E-state index contributed by atoms with van der Waals surface area (Å²) in [5.41, 5.74) is 1.66. The van der Waals surface area contributed by atoms with E-state index in [1.54, 1.807) is 72.8 Å². The molecule has 13 heteroatoms. The Bertz CT molecular complexity index is 1880. The van der Waals surface area contributed by atoms with Crippen LogP contribution in [0.3, 0.4) is 0 Å². The van der Waals surface area contributed by atoms with Gasteiger partial charge >= 0.3 is 0 Å². The first-order chi connectivity index (χ1) is 20.2. The van der Waals surface area contributed by atoms with Crippen molar-refractivity contribution in [2.75, 3.05) is 13.1 Å². The molecule has 1 atom stereocenters. The van der Waals surface area contributed by atoms with Crippen LogP contribution < -0.4 is 14.9 Å². The van der Waals surface area contributed by atoms with Gasteiger partial charge in [-0.3, -0.25) is 24.3 Å². The number of thiazole rings is 1. The fourth-order valence-corrected chi connectivity index (χ4v) is 6.65. The Hall–Kier alpha value is -4.13. The maximum Gasteiger partial charge on any atom is 0.283 e. The van der Waals surface area contributed by atoms with Crippen molar-refractivity contribution in [1.82, 2.24) is 19.4 Å². The van der Waals surface area contributed by atoms with Crippen molar-refractivity contribution >= 4 is 52.4 Å². The molecule has 4 aromatic rings. The van der Waals surface area contributed by atoms with Crippen molar-refractivity contribution in [3.8, 4) is 0 Å². The van der Waals surface area contributed by atoms with E-state index in [1.807, 2.05) is 13.8 Å². The molecule has 42 heavy (non-hydrogen) atoms. The predicted octanol–water partition coefficient (Wildman–Crippen LogP) is 4.61. The zero-order chi connectivity index (χ0) is 30.0. The van der Waals surface area contributed by atoms with Gasteiger partial charge < -0.3 is 4.90 Å². The van der Waals surface area contributed by atoms with E-state index in [9.17, 15) is 19.7 Å². The number of fused-ring (bicyclic) bond motifs is 1. The van der Waals surface area contributed by atoms with Gasteiger partial charge in [0, 0.05) is 36.6 Å². The minimum atomic E-state index is -0.715. The quantitative estimate of drug-likeness (QED) is 0.160. The SMILES string of the molecule is CCN(CC)C(=O)C1=C(C)N=c2s/c(=C\c3ccc(Sc4ncccn4)c([N+](=O)[O-])c3)c(=O)n2[C@H]1c1ccc(Cl)cc1. The zero-order valence-corrected chi connectivity index (χ0v) is 25.2. The fraction of sp³-hybridized carbons (Fsp3) is 0.207. The highest BCUT2D eigenvalue weighted by Gasteiger charge is 2.34. The van der Waals surface area contributed by atoms with Gasteiger partial charge in [0.1, 0.15) is 0 Å². The lowest BCUT2D eigenvalue weighted by Crippen LogP contribution is -2.43. The molecule has 214 valence electrons. The molecule has 0 saturated carbocycles. The van der Waals surface area contributed by atoms with Crippen LogP contribution in [0.1, 0.15) is 37.9 Å². The summed E-state index contributed by atoms with van der Waals surface area (Å²) in [5.74, 6) is -0.193. The molecule has 0 fully saturated rings. The van der Waals surface area contributed by atoms with Gasteiger partial charge in [0.15, 0.2) is 9.96 Å². The van der Waals surface area contributed by atoms with E-state index in [0.717, 1.165) is 28.7 Å². The molecule has 0 aliphatic carbocycles. The maximum atomic E-state index is 13.9. The van der Waals surface area contributed by atoms with E-state index in [2.05, 4.69) is 15.0 Å². The molecule has 5 rings (SSSR count). The summed E-state index contributed by atoms with van der Waals surface area (Å²) in [6.45, 7) is 6.59. The Kier molecular flexibility index (Phi) is 8.66. The summed E-state index contributed by atoms with van der Waals surface area (Å²) in [4.78, 5) is 54.5. The summed E-state index contributed by atoms with van der Waals surface area (Å²) >= 11 is 8.41. The van der Waals surface area contributed by atoms with Gasteiger partial charge in [-0.05, 0) is 74.0 Å². The number of aromatic nitrogens is 3. The maximum absolute atomic E-state index is 13.9. The number of hydrogen-bond acceptors (Lipinski definition) is 9. The highest BCUT2D eigenvalue weighted by Crippen LogP contribution is 2.34. The lowest BCUT2D eigenvalue weighted by atomic mass is 9.94. The molecule has 0 unspecified atom stereocenters. The number of allylic oxidation sites excluding steroid dienone is 1. The number of nitrogens with zero attached hydrogens (tertiary/aromatic N) is 6. The normalized spacial score (nSPS) is 14.9. The molecule has 1 aliphatic rings. The van der Waals surface area contributed by atoms with Gasteiger partial charge in [-0.15, -0.1) is 0 Å². The highest BCUT2D eigenvalue weighted by molar-refractivity contribution is 7.99. The molecule has 2 aromatic heterocycles. The number of likely N-dealkylation sites (N-methyl/N-ethyl adjacent to an activating group) is 1. The molecule has 10 nitrogen and oxygen atoms in total. The summed E-state index contributed by atoms with van der Waals surface area (Å²) in [7, 11) is 0. The van der Waals surface area contributed by atoms with E-state index in [0.29, 0.717) is 54.3 Å². The van der Waals surface area contributed by atoms with Gasteiger partial charge in [-0.2, -0.15) is 0 Å². The topological polar surface area (TPSA) is 124 Å². The molecule has 1 aliphatic heterocycles. The predicted molar refractivity (Wildman–Crippen MR) is 162 cm³/mol. The average molecular weight is 621 g/mol. The molecule has 0 spiro atoms. The van der Waals surface area contributed by atoms with Crippen molar-refractivity contribution in [2.24, 2.45) is 4.99 Å². The minimum Gasteiger partial charge on any atom is -0.339 e. The number of carbonyl (C=O) groups excluding carboxylic acids is 1. The van der Waals surface area contributed by atoms with Gasteiger partial charge in [-0.1, -0.05) is 41.1 Å². The van der Waals surface area contributed by atoms with Gasteiger partial charge in [0.25, 0.3) is 17.2 Å². The van der Waals surface area contributed by atoms with Crippen molar-refractivity contribution in [3.63, 3.8) is 0 Å². The van der Waals surface area contributed by atoms with Crippen LogP contribution in [-0.4, -0.2) is 43.4 Å². The van der Waals surface area contributed by atoms with Crippen LogP contribution in [0, 0.1) is 10.1 Å². The lowest BCUT2D eigenvalue weighted by Gasteiger charge is -2.29. The Morgan fingerprint density at radius 3 is 2.50 bits per heavy atom. The lowest BCUT2D eigenvalue weighted by molar-refractivity contribution is -0.387. The number of amides is 1. The standard InChI is InChI=1S/C29H25ClN6O4S2/c1-4-34(5-2)27(38)24-17(3)33-29-35(25(24)19-8-10-20(30)11-9-19)26(37)23(42-29)16-18-7-12-22(21(15-18)36(39)40)41-28-31-13-6-14-32-28/h6-16,25H,4-5H2,1-3H3/b23-16-/t25-/m0/s1. The largest absolute Gasteiger partial charge is 0.339 e. The summed E-state index contributed by atoms with van der Waals surface area (Å²) < 4.78 is 1.85. The molecular weight excluding hydrogens is 596 g/mol. The number of nitro groups is 1. The van der Waals surface area contributed by atoms with E-state index in [1.165, 1.54) is 10.6 Å². The Morgan fingerprint density at radius 1 is 1.17 bits per heavy atom. The average Bonchev–Trinajstić information content (AvgIpc) is 3.28. The summed E-state index contributed by atoms with van der Waals surface area (Å²) in [6.07, 6.45) is 4.74. The van der Waals surface area contributed by atoms with Gasteiger partial charge in [-0.25, -0.2) is 15.0 Å². The monoisotopic (exact) mass is 620 g/mol. The third kappa shape index (κ3) is 5.78. The number of carbonyl (C=O) groups is 1. The van der Waals surface area contributed by atoms with E-state index in [4.69, 9.17) is 11.6 Å². The molecule has 0 bridgehead atoms. The first-order valence-electron chi connectivity index (χ1n) is 13.0. The Labute approximate surface area is 253 Å². The van der Waals surface area contributed by atoms with Crippen LogP contribution in [-0.2, 0) is 4.79 Å². The number of benzene rings is 2. The third-order valence-corrected chi connectivity index (χ3v) is 8.90. The van der Waals surface area contributed by atoms with Crippen LogP contribution >= 0.6 is 34.7 Å². The van der Waals surface area contributed by atoms with Crippen LogP contribution in [0.2, 0.25) is 5.02 Å². The highest BCUT2D eigenvalue weighted by atomic mass is 35.5. The molecule has 0 saturated heterocycles. The smallest absolute Gasteiger partial charge is 0.283 e. The zero-order valence-electron chi connectivity index (χ0n) is 22.9. The number of rotatable bonds is 8. The third-order valence-electron chi connectivity index (χ3n) is 6.71. The number of nitro benzene ring substituents is 1. The van der Waals surface area contributed by atoms with Crippen LogP contribution in [0.25, 0.3) is 6.08 Å². The second kappa shape index (κ2) is 12.4. The second-order valence-electron chi connectivity index (χ2n) is 9.23. The molecular formula is C29H25ClN6O4S2. The van der Waals surface area contributed by atoms with E-state index >= 15 is 0 Å². The van der Waals surface area contributed by atoms with Crippen molar-refractivity contribution in [3.05, 3.63) is 118 Å². The van der Waals surface area contributed by atoms with Crippen molar-refractivity contribution in [2.45, 2.75) is 36.9 Å². The molecule has 0 N–H and O–H groups in total. The summed E-state index contributed by atoms with van der Waals surface area (Å²) in [6, 6.07) is 12.7. The number of halogens is 1. The van der Waals surface area contributed by atoms with E-state index < -0.39 is 11.0 Å². The first kappa shape index (κ1) is 29.4. The first-order valence-corrected chi connectivity index (χ1v) is 15.0. The summed E-state index contributed by atoms with van der Waals surface area (Å²) in [5, 5.41) is 12.8. The minimum absolute atomic E-state index is 0.129. The van der Waals surface area contributed by atoms with Crippen LogP contribution in [0.4, 0.5) is 5.69 Å². The second-order valence-corrected chi connectivity index (χ2v) is 11.7. The van der Waals surface area contributed by atoms with Gasteiger partial charge in [0.05, 0.1) is 31.7 Å². The fourth-order valence-electron chi connectivity index (χ4n) is 4.68. The molecule has 3 heterocycles. The Balaban J connectivity index is 1.63. The molecule has 1 amide bonds. The van der Waals surface area contributed by atoms with Crippen LogP contribution in [0.5, 0.6) is 0 Å².